The molecule has 4 heterocycles. The number of carbonyl (C=O) groups excluding carboxylic acids is 2. The number of aryl methyl sites for hydroxylation is 2. The Kier molecular flexibility index (Phi) is 19.2. The van der Waals surface area contributed by atoms with Crippen molar-refractivity contribution in [2.75, 3.05) is 71.4 Å². The third-order valence-electron chi connectivity index (χ3n) is 13.2. The second-order valence-corrected chi connectivity index (χ2v) is 21.8. The Morgan fingerprint density at radius 1 is 0.683 bits per heavy atom. The first-order chi connectivity index (χ1) is 29.4. The minimum Gasteiger partial charge on any atom is -0.444 e. The number of nitrogens with zero attached hydrogens (tertiary/aromatic N) is 5. The van der Waals surface area contributed by atoms with Gasteiger partial charge in [-0.3, -0.25) is 9.80 Å². The smallest absolute Gasteiger partial charge is 0.410 e. The van der Waals surface area contributed by atoms with E-state index in [1.54, 1.807) is 0 Å². The Bertz CT molecular complexity index is 1760. The fourth-order valence-corrected chi connectivity index (χ4v) is 8.82. The van der Waals surface area contributed by atoms with Crippen LogP contribution in [0.3, 0.4) is 0 Å². The van der Waals surface area contributed by atoms with Crippen molar-refractivity contribution in [2.45, 2.75) is 168 Å². The van der Waals surface area contributed by atoms with Crippen LogP contribution in [0.15, 0.2) is 40.9 Å². The average Bonchev–Trinajstić information content (AvgIpc) is 3.20. The van der Waals surface area contributed by atoms with Gasteiger partial charge in [0.15, 0.2) is 0 Å². The fraction of sp³-hybridized carbons (Fsp3) is 0.720. The number of alkyl halides is 2. The van der Waals surface area contributed by atoms with Gasteiger partial charge in [0.1, 0.15) is 23.5 Å². The second kappa shape index (κ2) is 22.9. The summed E-state index contributed by atoms with van der Waals surface area (Å²) in [5.41, 5.74) is 5.56. The number of anilines is 1. The van der Waals surface area contributed by atoms with E-state index in [2.05, 4.69) is 114 Å². The van der Waals surface area contributed by atoms with Crippen molar-refractivity contribution in [3.05, 3.63) is 63.1 Å². The molecule has 2 aromatic rings. The number of benzene rings is 2. The Morgan fingerprint density at radius 3 is 1.46 bits per heavy atom. The van der Waals surface area contributed by atoms with Crippen molar-refractivity contribution >= 4 is 33.8 Å². The molecule has 0 atom stereocenters. The largest absolute Gasteiger partial charge is 0.444 e. The molecule has 0 aliphatic carbocycles. The number of likely N-dealkylation sites (tertiary alicyclic amines) is 2. The molecule has 4 aliphatic rings. The Balaban J connectivity index is 0.000000243. The third-order valence-corrected chi connectivity index (χ3v) is 14.1. The molecule has 2 amide bonds. The highest BCUT2D eigenvalue weighted by molar-refractivity contribution is 9.10. The molecule has 13 heteroatoms. The van der Waals surface area contributed by atoms with Crippen LogP contribution in [0.1, 0.15) is 129 Å². The summed E-state index contributed by atoms with van der Waals surface area (Å²) in [6.07, 6.45) is 4.82. The van der Waals surface area contributed by atoms with Crippen LogP contribution in [0.2, 0.25) is 0 Å². The molecule has 0 aromatic heterocycles. The van der Waals surface area contributed by atoms with Gasteiger partial charge in [0.2, 0.25) is 0 Å². The first kappa shape index (κ1) is 52.6. The van der Waals surface area contributed by atoms with E-state index < -0.39 is 23.5 Å². The fourth-order valence-electron chi connectivity index (χ4n) is 8.39. The number of halogens is 3. The number of amides is 2. The highest BCUT2D eigenvalue weighted by Crippen LogP contribution is 2.33. The van der Waals surface area contributed by atoms with Crippen LogP contribution >= 0.6 is 15.9 Å². The van der Waals surface area contributed by atoms with Crippen molar-refractivity contribution < 1.29 is 27.8 Å². The molecule has 356 valence electrons. The van der Waals surface area contributed by atoms with Crippen LogP contribution in [-0.2, 0) is 22.6 Å². The van der Waals surface area contributed by atoms with Gasteiger partial charge in [-0.05, 0) is 182 Å². The lowest BCUT2D eigenvalue weighted by Crippen LogP contribution is -2.53. The van der Waals surface area contributed by atoms with Gasteiger partial charge in [0, 0.05) is 73.6 Å². The maximum absolute atomic E-state index is 13.6. The normalized spacial score (nSPS) is 19.8. The number of rotatable bonds is 7. The molecule has 4 saturated heterocycles. The van der Waals surface area contributed by atoms with Crippen LogP contribution in [0.25, 0.3) is 0 Å². The van der Waals surface area contributed by atoms with E-state index in [0.29, 0.717) is 38.8 Å². The molecule has 2 aromatic carbocycles. The number of piperidine rings is 4. The lowest BCUT2D eigenvalue weighted by Gasteiger charge is -2.45. The Hall–Kier alpha value is -3.00. The number of carbonyl (C=O) groups is 2. The first-order valence-corrected chi connectivity index (χ1v) is 24.1. The molecular weight excluding hydrogens is 866 g/mol. The van der Waals surface area contributed by atoms with E-state index >= 15 is 0 Å². The monoisotopic (exact) mass is 947 g/mol. The van der Waals surface area contributed by atoms with Crippen LogP contribution in [0, 0.1) is 13.8 Å². The summed E-state index contributed by atoms with van der Waals surface area (Å²) < 4.78 is 37.9. The van der Waals surface area contributed by atoms with Gasteiger partial charge < -0.3 is 29.5 Å². The Labute approximate surface area is 387 Å². The van der Waals surface area contributed by atoms with Gasteiger partial charge in [-0.25, -0.2) is 18.4 Å². The molecular formula is C50H81BrF2N6O4. The maximum atomic E-state index is 13.6. The summed E-state index contributed by atoms with van der Waals surface area (Å²) >= 11 is 3.62. The molecule has 0 unspecified atom stereocenters. The molecule has 0 radical (unpaired) electrons. The van der Waals surface area contributed by atoms with Crippen LogP contribution in [0.4, 0.5) is 24.1 Å². The van der Waals surface area contributed by atoms with Crippen LogP contribution in [-0.4, -0.2) is 133 Å². The summed E-state index contributed by atoms with van der Waals surface area (Å²) in [6, 6.07) is 13.2. The third kappa shape index (κ3) is 16.7. The lowest BCUT2D eigenvalue weighted by molar-refractivity contribution is 0.000790. The maximum Gasteiger partial charge on any atom is 0.410 e. The SMILES string of the molecule is Cc1ccc(CN(C)C2(C)CCN(C(=O)OC(C)(C)C)CC2)cc1Br.Cc1ccc(CN(C)C2(C)CCN(C(=O)OC(C)(C)C)CC2)cc1N1CCC(F)CC1.FC1CCNCC1. The average molecular weight is 948 g/mol. The molecule has 6 rings (SSSR count). The van der Waals surface area contributed by atoms with E-state index in [-0.39, 0.29) is 23.3 Å². The quantitative estimate of drug-likeness (QED) is 0.294. The van der Waals surface area contributed by atoms with Crippen LogP contribution < -0.4 is 10.2 Å². The number of hydrogen-bond donors (Lipinski definition) is 1. The Morgan fingerprint density at radius 2 is 1.08 bits per heavy atom. The van der Waals surface area contributed by atoms with E-state index in [1.807, 2.05) is 51.3 Å². The minimum absolute atomic E-state index is 0.0378. The summed E-state index contributed by atoms with van der Waals surface area (Å²) in [5.74, 6) is 0. The van der Waals surface area contributed by atoms with Gasteiger partial charge in [-0.1, -0.05) is 40.2 Å². The van der Waals surface area contributed by atoms with Gasteiger partial charge >= 0.3 is 12.2 Å². The standard InChI is InChI=1S/C25H40FN3O2.C20H31BrN2O2.C5H10FN/c1-19-7-8-20(17-22(19)28-13-9-21(26)10-14-28)18-27(6)25(5)11-15-29(16-12-25)23(30)31-24(2,3)4;1-15-7-8-16(13-17(15)21)14-22(6)20(5)9-11-23(12-10-20)18(24)25-19(2,3)4;6-5-1-3-7-4-2-5/h7-8,17,21H,9-16,18H2,1-6H3;7-8,13H,9-12,14H2,1-6H3;5,7H,1-4H2. The summed E-state index contributed by atoms with van der Waals surface area (Å²) in [4.78, 5) is 35.5. The van der Waals surface area contributed by atoms with E-state index in [9.17, 15) is 18.4 Å². The number of hydrogen-bond acceptors (Lipinski definition) is 8. The molecule has 1 N–H and O–H groups in total. The number of nitrogens with one attached hydrogen (secondary N) is 1. The van der Waals surface area contributed by atoms with E-state index in [4.69, 9.17) is 9.47 Å². The minimum atomic E-state index is -0.655. The zero-order valence-electron chi connectivity index (χ0n) is 40.8. The highest BCUT2D eigenvalue weighted by Gasteiger charge is 2.38. The molecule has 10 nitrogen and oxygen atoms in total. The summed E-state index contributed by atoms with van der Waals surface area (Å²) in [6.45, 7) is 28.3. The van der Waals surface area contributed by atoms with E-state index in [1.165, 1.54) is 27.9 Å². The topological polar surface area (TPSA) is 80.8 Å². The molecule has 0 saturated carbocycles. The zero-order chi connectivity index (χ0) is 46.8. The molecule has 4 aliphatic heterocycles. The van der Waals surface area contributed by atoms with Gasteiger partial charge in [-0.15, -0.1) is 0 Å². The van der Waals surface area contributed by atoms with Crippen molar-refractivity contribution in [1.29, 1.82) is 0 Å². The van der Waals surface area contributed by atoms with Crippen LogP contribution in [0.5, 0.6) is 0 Å². The molecule has 0 spiro atoms. The molecule has 63 heavy (non-hydrogen) atoms. The highest BCUT2D eigenvalue weighted by atomic mass is 79.9. The summed E-state index contributed by atoms with van der Waals surface area (Å²) in [7, 11) is 4.36. The van der Waals surface area contributed by atoms with Crippen molar-refractivity contribution in [1.82, 2.24) is 24.9 Å². The summed E-state index contributed by atoms with van der Waals surface area (Å²) in [5, 5.41) is 3.08. The molecule has 0 bridgehead atoms. The van der Waals surface area contributed by atoms with Gasteiger partial charge in [0.25, 0.3) is 0 Å². The molecule has 4 fully saturated rings. The van der Waals surface area contributed by atoms with Gasteiger partial charge in [0.05, 0.1) is 0 Å². The zero-order valence-corrected chi connectivity index (χ0v) is 42.4. The predicted molar refractivity (Wildman–Crippen MR) is 257 cm³/mol. The number of ether oxygens (including phenoxy) is 2. The van der Waals surface area contributed by atoms with E-state index in [0.717, 1.165) is 82.5 Å². The first-order valence-electron chi connectivity index (χ1n) is 23.3. The lowest BCUT2D eigenvalue weighted by atomic mass is 9.87. The predicted octanol–water partition coefficient (Wildman–Crippen LogP) is 10.8. The van der Waals surface area contributed by atoms with Crippen molar-refractivity contribution in [3.8, 4) is 0 Å². The van der Waals surface area contributed by atoms with Crippen molar-refractivity contribution in [2.24, 2.45) is 0 Å². The second-order valence-electron chi connectivity index (χ2n) is 20.9. The van der Waals surface area contributed by atoms with Crippen molar-refractivity contribution in [3.63, 3.8) is 0 Å². The van der Waals surface area contributed by atoms with Gasteiger partial charge in [-0.2, -0.15) is 0 Å².